The largest absolute Gasteiger partial charge is 0.388 e. The second kappa shape index (κ2) is 10.5. The lowest BCUT2D eigenvalue weighted by Crippen LogP contribution is -2.66. The lowest BCUT2D eigenvalue weighted by Gasteiger charge is -2.44. The molecule has 168 valence electrons. The number of benzene rings is 1. The van der Waals surface area contributed by atoms with Gasteiger partial charge in [0.2, 0.25) is 5.91 Å². The van der Waals surface area contributed by atoms with Crippen molar-refractivity contribution in [3.63, 3.8) is 0 Å². The first-order valence-electron chi connectivity index (χ1n) is 10.0. The fourth-order valence-electron chi connectivity index (χ4n) is 3.95. The van der Waals surface area contributed by atoms with Crippen molar-refractivity contribution in [3.8, 4) is 0 Å². The van der Waals surface area contributed by atoms with Gasteiger partial charge in [0.1, 0.15) is 35.9 Å². The number of ether oxygens (including phenoxy) is 1. The van der Waals surface area contributed by atoms with Gasteiger partial charge in [0, 0.05) is 25.3 Å². The zero-order valence-corrected chi connectivity index (χ0v) is 18.6. The van der Waals surface area contributed by atoms with E-state index in [4.69, 9.17) is 16.3 Å². The van der Waals surface area contributed by atoms with Gasteiger partial charge in [0.25, 0.3) is 0 Å². The molecule has 0 saturated carbocycles. The van der Waals surface area contributed by atoms with Crippen LogP contribution < -0.4 is 15.5 Å². The molecule has 1 amide bonds. The summed E-state index contributed by atoms with van der Waals surface area (Å²) in [6.45, 7) is 3.60. The minimum atomic E-state index is -1.40. The maximum Gasteiger partial charge on any atom is 0.244 e. The summed E-state index contributed by atoms with van der Waals surface area (Å²) < 4.78 is 5.83. The number of rotatable bonds is 6. The monoisotopic (exact) mass is 459 g/mol. The highest BCUT2D eigenvalue weighted by Crippen LogP contribution is 2.30. The average molecular weight is 460 g/mol. The smallest absolute Gasteiger partial charge is 0.244 e. The number of anilines is 1. The van der Waals surface area contributed by atoms with Gasteiger partial charge < -0.3 is 35.6 Å². The Balaban J connectivity index is 1.77. The van der Waals surface area contributed by atoms with Gasteiger partial charge in [-0.05, 0) is 25.3 Å². The highest BCUT2D eigenvalue weighted by molar-refractivity contribution is 7.99. The van der Waals surface area contributed by atoms with Gasteiger partial charge in [-0.2, -0.15) is 0 Å². The molecule has 8 nitrogen and oxygen atoms in total. The molecule has 0 aliphatic carbocycles. The standard InChI is InChI=1S/C20H30ClN3O5S/c1-11(21)14(18-16(26)15(25)17(27)20(29-18)30-2)23-19(28)13-10-22-8-9-24(13)12-6-4-3-5-7-12/h3-7,11,13-18,20,22,25-27H,8-10H2,1-2H3,(H,23,28)/t11-,13?,14-,15-,16+,17+,18?,20+/m0/s1. The molecule has 30 heavy (non-hydrogen) atoms. The first-order chi connectivity index (χ1) is 14.3. The Labute approximate surface area is 185 Å². The molecule has 2 heterocycles. The van der Waals surface area contributed by atoms with Gasteiger partial charge >= 0.3 is 0 Å². The number of hydrogen-bond donors (Lipinski definition) is 5. The van der Waals surface area contributed by atoms with Crippen LogP contribution in [0.4, 0.5) is 5.69 Å². The molecule has 2 unspecified atom stereocenters. The Morgan fingerprint density at radius 2 is 1.97 bits per heavy atom. The summed E-state index contributed by atoms with van der Waals surface area (Å²) in [5.41, 5.74) is 0.213. The molecular weight excluding hydrogens is 430 g/mol. The maximum absolute atomic E-state index is 13.2. The number of aliphatic hydroxyl groups excluding tert-OH is 3. The number of carbonyl (C=O) groups excluding carboxylic acids is 1. The van der Waals surface area contributed by atoms with Crippen molar-refractivity contribution in [1.29, 1.82) is 0 Å². The predicted molar refractivity (Wildman–Crippen MR) is 118 cm³/mol. The summed E-state index contributed by atoms with van der Waals surface area (Å²) in [6, 6.07) is 8.48. The van der Waals surface area contributed by atoms with Crippen LogP contribution in [0.25, 0.3) is 0 Å². The number of hydrogen-bond acceptors (Lipinski definition) is 8. The van der Waals surface area contributed by atoms with Crippen LogP contribution in [-0.4, -0.2) is 94.4 Å². The molecule has 1 aromatic carbocycles. The molecule has 10 heteroatoms. The third-order valence-corrected chi connectivity index (χ3v) is 6.76. The van der Waals surface area contributed by atoms with Crippen molar-refractivity contribution in [2.24, 2.45) is 0 Å². The Bertz CT molecular complexity index is 698. The van der Waals surface area contributed by atoms with Crippen LogP contribution in [0.3, 0.4) is 0 Å². The van der Waals surface area contributed by atoms with E-state index in [1.807, 2.05) is 35.2 Å². The van der Waals surface area contributed by atoms with Crippen LogP contribution in [-0.2, 0) is 9.53 Å². The van der Waals surface area contributed by atoms with E-state index >= 15 is 0 Å². The van der Waals surface area contributed by atoms with Crippen molar-refractivity contribution in [2.75, 3.05) is 30.8 Å². The fraction of sp³-hybridized carbons (Fsp3) is 0.650. The van der Waals surface area contributed by atoms with E-state index in [2.05, 4.69) is 10.6 Å². The van der Waals surface area contributed by atoms with Gasteiger partial charge in [-0.15, -0.1) is 23.4 Å². The van der Waals surface area contributed by atoms with E-state index in [1.54, 1.807) is 13.2 Å². The first-order valence-corrected chi connectivity index (χ1v) is 11.8. The molecule has 0 spiro atoms. The Hall–Kier alpha value is -1.07. The van der Waals surface area contributed by atoms with E-state index in [9.17, 15) is 20.1 Å². The lowest BCUT2D eigenvalue weighted by atomic mass is 9.93. The van der Waals surface area contributed by atoms with Gasteiger partial charge in [0.05, 0.1) is 11.4 Å². The number of halogens is 1. The summed E-state index contributed by atoms with van der Waals surface area (Å²) in [5.74, 6) is -0.249. The number of alkyl halides is 1. The number of piperazine rings is 1. The van der Waals surface area contributed by atoms with E-state index in [1.165, 1.54) is 11.8 Å². The summed E-state index contributed by atoms with van der Waals surface area (Å²) in [6.07, 6.45) is -3.24. The molecule has 5 N–H and O–H groups in total. The van der Waals surface area contributed by atoms with Crippen molar-refractivity contribution in [1.82, 2.24) is 10.6 Å². The summed E-state index contributed by atoms with van der Waals surface area (Å²) in [7, 11) is 0. The van der Waals surface area contributed by atoms with Crippen LogP contribution in [0.5, 0.6) is 0 Å². The number of amides is 1. The minimum Gasteiger partial charge on any atom is -0.388 e. The number of para-hydroxylation sites is 1. The first kappa shape index (κ1) is 23.6. The molecule has 8 atom stereocenters. The van der Waals surface area contributed by atoms with Gasteiger partial charge in [-0.1, -0.05) is 18.2 Å². The normalized spacial score (nSPS) is 34.3. The number of nitrogens with one attached hydrogen (secondary N) is 2. The van der Waals surface area contributed by atoms with Crippen LogP contribution in [0.2, 0.25) is 0 Å². The average Bonchev–Trinajstić information content (AvgIpc) is 2.77. The molecule has 0 bridgehead atoms. The number of aliphatic hydroxyl groups is 3. The fourth-order valence-corrected chi connectivity index (χ4v) is 4.84. The van der Waals surface area contributed by atoms with E-state index in [-0.39, 0.29) is 5.91 Å². The molecular formula is C20H30ClN3O5S. The summed E-state index contributed by atoms with van der Waals surface area (Å²) in [5, 5.41) is 36.5. The third-order valence-electron chi connectivity index (χ3n) is 5.63. The summed E-state index contributed by atoms with van der Waals surface area (Å²) >= 11 is 7.59. The zero-order valence-electron chi connectivity index (χ0n) is 17.0. The highest BCUT2D eigenvalue weighted by atomic mass is 35.5. The van der Waals surface area contributed by atoms with E-state index in [0.717, 1.165) is 12.2 Å². The van der Waals surface area contributed by atoms with Crippen molar-refractivity contribution in [3.05, 3.63) is 30.3 Å². The maximum atomic E-state index is 13.2. The number of nitrogens with zero attached hydrogens (tertiary/aromatic N) is 1. The van der Waals surface area contributed by atoms with E-state index < -0.39 is 47.3 Å². The molecule has 1 aromatic rings. The second-order valence-corrected chi connectivity index (χ2v) is 9.26. The van der Waals surface area contributed by atoms with Crippen molar-refractivity contribution < 1.29 is 24.9 Å². The molecule has 0 radical (unpaired) electrons. The van der Waals surface area contributed by atoms with Crippen LogP contribution in [0.15, 0.2) is 30.3 Å². The predicted octanol–water partition coefficient (Wildman–Crippen LogP) is -0.252. The molecule has 2 fully saturated rings. The van der Waals surface area contributed by atoms with Crippen molar-refractivity contribution >= 4 is 35.0 Å². The lowest BCUT2D eigenvalue weighted by molar-refractivity contribution is -0.205. The second-order valence-electron chi connectivity index (χ2n) is 7.64. The van der Waals surface area contributed by atoms with Crippen LogP contribution in [0.1, 0.15) is 6.92 Å². The Kier molecular flexibility index (Phi) is 8.25. The van der Waals surface area contributed by atoms with Crippen LogP contribution in [0, 0.1) is 0 Å². The topological polar surface area (TPSA) is 114 Å². The Morgan fingerprint density at radius 1 is 1.27 bits per heavy atom. The van der Waals surface area contributed by atoms with Crippen LogP contribution >= 0.6 is 23.4 Å². The SMILES string of the molecule is CS[C@H]1OC([C@@H](NC(=O)C2CNCCN2c2ccccc2)[C@H](C)Cl)[C@H](O)[C@H](O)[C@H]1O. The number of carbonyl (C=O) groups is 1. The zero-order chi connectivity index (χ0) is 21.8. The molecule has 3 rings (SSSR count). The third kappa shape index (κ3) is 5.04. The van der Waals surface area contributed by atoms with Gasteiger partial charge in [-0.25, -0.2) is 0 Å². The van der Waals surface area contributed by atoms with E-state index in [0.29, 0.717) is 13.1 Å². The Morgan fingerprint density at radius 3 is 2.60 bits per heavy atom. The van der Waals surface area contributed by atoms with Gasteiger partial charge in [0.15, 0.2) is 0 Å². The molecule has 2 saturated heterocycles. The quantitative estimate of drug-likeness (QED) is 0.370. The highest BCUT2D eigenvalue weighted by Gasteiger charge is 2.48. The van der Waals surface area contributed by atoms with Gasteiger partial charge in [-0.3, -0.25) is 4.79 Å². The molecule has 2 aliphatic rings. The summed E-state index contributed by atoms with van der Waals surface area (Å²) in [4.78, 5) is 15.3. The minimum absolute atomic E-state index is 0.249. The number of thioether (sulfide) groups is 1. The van der Waals surface area contributed by atoms with Crippen molar-refractivity contribution in [2.45, 2.75) is 54.2 Å². The molecule has 0 aromatic heterocycles. The molecule has 2 aliphatic heterocycles.